The first-order valence-electron chi connectivity index (χ1n) is 7.70. The molecule has 130 valence electrons. The number of nitrogens with two attached hydrogens (primary N) is 1. The van der Waals surface area contributed by atoms with Crippen LogP contribution in [0, 0.1) is 13.8 Å². The average Bonchev–Trinajstić information content (AvgIpc) is 2.62. The number of ether oxygens (including phenoxy) is 2. The van der Waals surface area contributed by atoms with Crippen LogP contribution in [-0.2, 0) is 0 Å². The van der Waals surface area contributed by atoms with Crippen molar-refractivity contribution in [3.63, 3.8) is 0 Å². The molecule has 25 heavy (non-hydrogen) atoms. The highest BCUT2D eigenvalue weighted by Gasteiger charge is 2.18. The lowest BCUT2D eigenvalue weighted by molar-refractivity contribution is 0.391. The number of hydrogen-bond acceptors (Lipinski definition) is 7. The smallest absolute Gasteiger partial charge is 0.187 e. The predicted molar refractivity (Wildman–Crippen MR) is 102 cm³/mol. The SMILES string of the molecule is COc1cc(OC)c(C)c(-c2cc3cnc(SC)nc3c(N)n2)c1C. The largest absolute Gasteiger partial charge is 0.496 e. The van der Waals surface area contributed by atoms with Crippen LogP contribution in [0.1, 0.15) is 11.1 Å². The molecule has 2 N–H and O–H groups in total. The molecule has 7 heteroatoms. The van der Waals surface area contributed by atoms with Gasteiger partial charge in [0.2, 0.25) is 0 Å². The monoisotopic (exact) mass is 356 g/mol. The number of rotatable bonds is 4. The highest BCUT2D eigenvalue weighted by atomic mass is 32.2. The molecule has 0 fully saturated rings. The minimum atomic E-state index is 0.380. The molecule has 6 nitrogen and oxygen atoms in total. The molecular weight excluding hydrogens is 336 g/mol. The Morgan fingerprint density at radius 1 is 1.00 bits per heavy atom. The van der Waals surface area contributed by atoms with Crippen molar-refractivity contribution in [3.05, 3.63) is 29.5 Å². The van der Waals surface area contributed by atoms with E-state index in [1.54, 1.807) is 20.4 Å². The van der Waals surface area contributed by atoms with Crippen molar-refractivity contribution in [1.82, 2.24) is 15.0 Å². The maximum atomic E-state index is 6.19. The molecule has 0 amide bonds. The van der Waals surface area contributed by atoms with Gasteiger partial charge < -0.3 is 15.2 Å². The summed E-state index contributed by atoms with van der Waals surface area (Å²) in [7, 11) is 3.28. The number of nitrogens with zero attached hydrogens (tertiary/aromatic N) is 3. The van der Waals surface area contributed by atoms with Crippen molar-refractivity contribution in [2.75, 3.05) is 26.2 Å². The van der Waals surface area contributed by atoms with Crippen LogP contribution in [-0.4, -0.2) is 35.4 Å². The Bertz CT molecular complexity index is 931. The molecule has 0 spiro atoms. The molecule has 0 aliphatic heterocycles. The van der Waals surface area contributed by atoms with Gasteiger partial charge in [-0.05, 0) is 26.2 Å². The van der Waals surface area contributed by atoms with Gasteiger partial charge in [0.15, 0.2) is 11.0 Å². The summed E-state index contributed by atoms with van der Waals surface area (Å²) >= 11 is 1.47. The summed E-state index contributed by atoms with van der Waals surface area (Å²) < 4.78 is 11.0. The van der Waals surface area contributed by atoms with E-state index in [4.69, 9.17) is 15.2 Å². The first-order chi connectivity index (χ1) is 12.0. The Balaban J connectivity index is 2.30. The van der Waals surface area contributed by atoms with Gasteiger partial charge in [-0.15, -0.1) is 0 Å². The number of hydrogen-bond donors (Lipinski definition) is 1. The van der Waals surface area contributed by atoms with Gasteiger partial charge in [-0.2, -0.15) is 0 Å². The fraction of sp³-hybridized carbons (Fsp3) is 0.278. The van der Waals surface area contributed by atoms with E-state index in [9.17, 15) is 0 Å². The number of nitrogen functional groups attached to an aromatic ring is 1. The Kier molecular flexibility index (Phi) is 4.67. The Morgan fingerprint density at radius 3 is 2.20 bits per heavy atom. The Labute approximate surface area is 150 Å². The third-order valence-electron chi connectivity index (χ3n) is 4.20. The van der Waals surface area contributed by atoms with Gasteiger partial charge in [-0.25, -0.2) is 15.0 Å². The van der Waals surface area contributed by atoms with E-state index in [2.05, 4.69) is 15.0 Å². The molecule has 3 aromatic rings. The molecule has 2 heterocycles. The zero-order valence-electron chi connectivity index (χ0n) is 14.9. The summed E-state index contributed by atoms with van der Waals surface area (Å²) in [6.45, 7) is 3.99. The quantitative estimate of drug-likeness (QED) is 0.564. The van der Waals surface area contributed by atoms with E-state index >= 15 is 0 Å². The molecule has 0 atom stereocenters. The topological polar surface area (TPSA) is 83.2 Å². The lowest BCUT2D eigenvalue weighted by atomic mass is 9.97. The first-order valence-corrected chi connectivity index (χ1v) is 8.92. The number of aromatic nitrogens is 3. The van der Waals surface area contributed by atoms with E-state index in [-0.39, 0.29) is 0 Å². The Morgan fingerprint density at radius 2 is 1.64 bits per heavy atom. The molecule has 0 radical (unpaired) electrons. The maximum Gasteiger partial charge on any atom is 0.187 e. The van der Waals surface area contributed by atoms with Gasteiger partial charge >= 0.3 is 0 Å². The van der Waals surface area contributed by atoms with Gasteiger partial charge in [0, 0.05) is 34.3 Å². The number of benzene rings is 1. The molecule has 0 aliphatic rings. The highest BCUT2D eigenvalue weighted by molar-refractivity contribution is 7.98. The molecule has 0 saturated carbocycles. The number of anilines is 1. The van der Waals surface area contributed by atoms with Crippen LogP contribution < -0.4 is 15.2 Å². The lowest BCUT2D eigenvalue weighted by Crippen LogP contribution is -2.02. The summed E-state index contributed by atoms with van der Waals surface area (Å²) in [5.74, 6) is 1.87. The van der Waals surface area contributed by atoms with E-state index in [0.29, 0.717) is 16.5 Å². The summed E-state index contributed by atoms with van der Waals surface area (Å²) in [5, 5.41) is 1.52. The maximum absolute atomic E-state index is 6.19. The molecule has 0 saturated heterocycles. The summed E-state index contributed by atoms with van der Waals surface area (Å²) in [6, 6.07) is 3.83. The zero-order chi connectivity index (χ0) is 18.1. The van der Waals surface area contributed by atoms with Gasteiger partial charge in [0.1, 0.15) is 17.0 Å². The molecule has 1 aromatic carbocycles. The van der Waals surface area contributed by atoms with Crippen LogP contribution in [0.15, 0.2) is 23.5 Å². The van der Waals surface area contributed by atoms with Crippen LogP contribution in [0.25, 0.3) is 22.2 Å². The number of thioether (sulfide) groups is 1. The van der Waals surface area contributed by atoms with E-state index in [0.717, 1.165) is 39.3 Å². The lowest BCUT2D eigenvalue weighted by Gasteiger charge is -2.17. The van der Waals surface area contributed by atoms with Crippen molar-refractivity contribution in [3.8, 4) is 22.8 Å². The third kappa shape index (κ3) is 2.95. The summed E-state index contributed by atoms with van der Waals surface area (Å²) in [6.07, 6.45) is 3.70. The van der Waals surface area contributed by atoms with Crippen LogP contribution in [0.2, 0.25) is 0 Å². The van der Waals surface area contributed by atoms with Crippen molar-refractivity contribution >= 4 is 28.5 Å². The normalized spacial score (nSPS) is 10.9. The van der Waals surface area contributed by atoms with Crippen LogP contribution in [0.5, 0.6) is 11.5 Å². The van der Waals surface area contributed by atoms with Crippen LogP contribution in [0.3, 0.4) is 0 Å². The second kappa shape index (κ2) is 6.76. The van der Waals surface area contributed by atoms with Gasteiger partial charge in [0.05, 0.1) is 19.9 Å². The highest BCUT2D eigenvalue weighted by Crippen LogP contribution is 2.39. The molecule has 2 aromatic heterocycles. The van der Waals surface area contributed by atoms with Gasteiger partial charge in [-0.3, -0.25) is 0 Å². The number of fused-ring (bicyclic) bond motifs is 1. The van der Waals surface area contributed by atoms with Crippen molar-refractivity contribution in [2.45, 2.75) is 19.0 Å². The van der Waals surface area contributed by atoms with Crippen molar-refractivity contribution in [1.29, 1.82) is 0 Å². The Hall–Kier alpha value is -2.54. The molecular formula is C18H20N4O2S. The molecule has 0 aliphatic carbocycles. The van der Waals surface area contributed by atoms with Gasteiger partial charge in [-0.1, -0.05) is 11.8 Å². The van der Waals surface area contributed by atoms with Crippen molar-refractivity contribution < 1.29 is 9.47 Å². The van der Waals surface area contributed by atoms with E-state index in [1.807, 2.05) is 32.2 Å². The fourth-order valence-electron chi connectivity index (χ4n) is 2.95. The first kappa shape index (κ1) is 17.3. The number of pyridine rings is 1. The minimum Gasteiger partial charge on any atom is -0.496 e. The molecule has 3 rings (SSSR count). The predicted octanol–water partition coefficient (Wildman–Crippen LogP) is 3.63. The summed E-state index contributed by atoms with van der Waals surface area (Å²) in [5.41, 5.74) is 10.5. The summed E-state index contributed by atoms with van der Waals surface area (Å²) in [4.78, 5) is 13.4. The minimum absolute atomic E-state index is 0.380. The number of methoxy groups -OCH3 is 2. The van der Waals surface area contributed by atoms with Crippen molar-refractivity contribution in [2.24, 2.45) is 0 Å². The van der Waals surface area contributed by atoms with E-state index in [1.165, 1.54) is 11.8 Å². The van der Waals surface area contributed by atoms with E-state index < -0.39 is 0 Å². The second-order valence-electron chi connectivity index (χ2n) is 5.59. The van der Waals surface area contributed by atoms with Crippen LogP contribution >= 0.6 is 11.8 Å². The standard InChI is InChI=1S/C18H20N4O2S/c1-9-13(23-3)7-14(24-4)10(2)15(9)12-6-11-8-20-18(25-5)22-16(11)17(19)21-12/h6-8H,1-5H3,(H2,19,21). The van der Waals surface area contributed by atoms with Crippen LogP contribution in [0.4, 0.5) is 5.82 Å². The molecule has 0 bridgehead atoms. The van der Waals surface area contributed by atoms with Gasteiger partial charge in [0.25, 0.3) is 0 Å². The average molecular weight is 356 g/mol. The fourth-order valence-corrected chi connectivity index (χ4v) is 3.29. The second-order valence-corrected chi connectivity index (χ2v) is 6.37. The zero-order valence-corrected chi connectivity index (χ0v) is 15.7. The molecule has 0 unspecified atom stereocenters. The third-order valence-corrected chi connectivity index (χ3v) is 4.76.